The number of anilines is 2. The van der Waals surface area contributed by atoms with Crippen LogP contribution in [0, 0.1) is 23.7 Å². The van der Waals surface area contributed by atoms with E-state index in [0.717, 1.165) is 10.3 Å². The van der Waals surface area contributed by atoms with Crippen molar-refractivity contribution in [3.8, 4) is 5.75 Å². The van der Waals surface area contributed by atoms with Gasteiger partial charge in [0.2, 0.25) is 23.6 Å². The van der Waals surface area contributed by atoms with E-state index in [4.69, 9.17) is 11.6 Å². The highest BCUT2D eigenvalue weighted by atomic mass is 35.5. The summed E-state index contributed by atoms with van der Waals surface area (Å²) in [7, 11) is 0. The van der Waals surface area contributed by atoms with Crippen molar-refractivity contribution >= 4 is 63.3 Å². The Kier molecular flexibility index (Phi) is 7.43. The standard InChI is InChI=1S/C43H31ClN2O7/c44-26-12-7-14-28(21-26)46-39(49)34-22-33-30(18-19-31-35(33)40(50)45(38(31)48)27-13-6-9-24(20-27)41(51)52)36(43(34,42(46)53)25-10-2-1-3-11-25)32-17-16-23-8-4-5-15-29(23)37(32)47/h1-18,20-21,31,33-36,47H,19,22H2,(H,51,52). The molecule has 9 nitrogen and oxygen atoms in total. The zero-order valence-electron chi connectivity index (χ0n) is 28.1. The van der Waals surface area contributed by atoms with Crippen molar-refractivity contribution in [1.82, 2.24) is 0 Å². The van der Waals surface area contributed by atoms with E-state index in [-0.39, 0.29) is 29.8 Å². The molecule has 5 aromatic carbocycles. The van der Waals surface area contributed by atoms with Crippen LogP contribution < -0.4 is 9.80 Å². The second-order valence-electron chi connectivity index (χ2n) is 14.2. The monoisotopic (exact) mass is 722 g/mol. The third-order valence-corrected chi connectivity index (χ3v) is 12.0. The van der Waals surface area contributed by atoms with E-state index in [2.05, 4.69) is 0 Å². The number of phenols is 1. The summed E-state index contributed by atoms with van der Waals surface area (Å²) in [5.74, 6) is -7.33. The third-order valence-electron chi connectivity index (χ3n) is 11.8. The number of benzene rings is 5. The molecule has 4 amide bonds. The molecule has 0 spiro atoms. The van der Waals surface area contributed by atoms with Gasteiger partial charge in [0.1, 0.15) is 5.75 Å². The van der Waals surface area contributed by atoms with E-state index in [1.54, 1.807) is 36.4 Å². The van der Waals surface area contributed by atoms with Gasteiger partial charge in [0, 0.05) is 21.9 Å². The number of hydrogen-bond acceptors (Lipinski definition) is 6. The number of allylic oxidation sites excluding steroid dienone is 2. The van der Waals surface area contributed by atoms with Crippen molar-refractivity contribution in [3.05, 3.63) is 149 Å². The molecular formula is C43H31ClN2O7. The van der Waals surface area contributed by atoms with Crippen molar-refractivity contribution in [1.29, 1.82) is 0 Å². The van der Waals surface area contributed by atoms with Crippen LogP contribution >= 0.6 is 11.6 Å². The van der Waals surface area contributed by atoms with Crippen molar-refractivity contribution in [2.24, 2.45) is 23.7 Å². The molecule has 1 saturated carbocycles. The van der Waals surface area contributed by atoms with Gasteiger partial charge < -0.3 is 10.2 Å². The second kappa shape index (κ2) is 12.0. The zero-order chi connectivity index (χ0) is 36.8. The van der Waals surface area contributed by atoms with E-state index in [9.17, 15) is 29.4 Å². The quantitative estimate of drug-likeness (QED) is 0.144. The van der Waals surface area contributed by atoms with Crippen molar-refractivity contribution < 1.29 is 34.2 Å². The van der Waals surface area contributed by atoms with Gasteiger partial charge in [-0.25, -0.2) is 9.69 Å². The number of carboxylic acid groups (broad SMARTS) is 1. The number of aromatic hydroxyl groups is 1. The molecule has 3 fully saturated rings. The van der Waals surface area contributed by atoms with E-state index >= 15 is 4.79 Å². The number of carboxylic acids is 1. The number of fused-ring (bicyclic) bond motifs is 5. The molecule has 4 aliphatic rings. The number of imide groups is 2. The fourth-order valence-corrected chi connectivity index (χ4v) is 9.81. The van der Waals surface area contributed by atoms with Crippen LogP contribution in [0.4, 0.5) is 11.4 Å². The Morgan fingerprint density at radius 1 is 0.736 bits per heavy atom. The largest absolute Gasteiger partial charge is 0.507 e. The maximum absolute atomic E-state index is 15.5. The average molecular weight is 723 g/mol. The molecular weight excluding hydrogens is 692 g/mol. The molecule has 0 aromatic heterocycles. The number of hydrogen-bond donors (Lipinski definition) is 2. The van der Waals surface area contributed by atoms with E-state index in [1.165, 1.54) is 29.2 Å². The van der Waals surface area contributed by atoms with Gasteiger partial charge in [-0.1, -0.05) is 102 Å². The lowest BCUT2D eigenvalue weighted by molar-refractivity contribution is -0.127. The summed E-state index contributed by atoms with van der Waals surface area (Å²) in [5.41, 5.74) is 0.588. The van der Waals surface area contributed by atoms with Crippen LogP contribution in [0.1, 0.15) is 40.2 Å². The molecule has 2 heterocycles. The second-order valence-corrected chi connectivity index (χ2v) is 14.6. The first-order valence-electron chi connectivity index (χ1n) is 17.4. The molecule has 2 aliphatic carbocycles. The van der Waals surface area contributed by atoms with Crippen LogP contribution in [0.5, 0.6) is 5.75 Å². The fraction of sp³-hybridized carbons (Fsp3) is 0.186. The number of rotatable bonds is 5. The lowest BCUT2D eigenvalue weighted by Crippen LogP contribution is -2.53. The Bertz CT molecular complexity index is 2460. The van der Waals surface area contributed by atoms with Crippen LogP contribution in [-0.2, 0) is 24.6 Å². The highest BCUT2D eigenvalue weighted by molar-refractivity contribution is 6.32. The molecule has 2 saturated heterocycles. The molecule has 5 aromatic rings. The number of amides is 4. The van der Waals surface area contributed by atoms with Gasteiger partial charge in [-0.2, -0.15) is 0 Å². The first-order valence-corrected chi connectivity index (χ1v) is 17.8. The highest BCUT2D eigenvalue weighted by Crippen LogP contribution is 2.65. The number of carbonyl (C=O) groups excluding carboxylic acids is 4. The molecule has 6 unspecified atom stereocenters. The van der Waals surface area contributed by atoms with Gasteiger partial charge in [0.15, 0.2) is 0 Å². The maximum atomic E-state index is 15.5. The minimum absolute atomic E-state index is 0.0341. The summed E-state index contributed by atoms with van der Waals surface area (Å²) in [4.78, 5) is 73.2. The SMILES string of the molecule is O=C(O)c1cccc(N2C(=O)C3CC=C4C(CC5C(=O)N(c6cccc(Cl)c6)C(=O)C5(c5ccccc5)C4c4ccc5ccccc5c4O)C3C2=O)c1. The molecule has 10 heteroatoms. The van der Waals surface area contributed by atoms with Crippen LogP contribution in [0.25, 0.3) is 10.8 Å². The molecule has 262 valence electrons. The molecule has 2 N–H and O–H groups in total. The lowest BCUT2D eigenvalue weighted by Gasteiger charge is -2.50. The van der Waals surface area contributed by atoms with Gasteiger partial charge in [-0.05, 0) is 66.1 Å². The zero-order valence-corrected chi connectivity index (χ0v) is 28.8. The Hall–Kier alpha value is -6.06. The Labute approximate surface area is 308 Å². The molecule has 0 radical (unpaired) electrons. The molecule has 2 aliphatic heterocycles. The van der Waals surface area contributed by atoms with Gasteiger partial charge in [0.25, 0.3) is 0 Å². The summed E-state index contributed by atoms with van der Waals surface area (Å²) >= 11 is 6.41. The van der Waals surface area contributed by atoms with E-state index < -0.39 is 64.6 Å². The Morgan fingerprint density at radius 3 is 2.21 bits per heavy atom. The number of nitrogens with zero attached hydrogens (tertiary/aromatic N) is 2. The predicted octanol–water partition coefficient (Wildman–Crippen LogP) is 7.26. The van der Waals surface area contributed by atoms with Gasteiger partial charge in [-0.3, -0.25) is 24.1 Å². The Balaban J connectivity index is 1.28. The van der Waals surface area contributed by atoms with Gasteiger partial charge in [-0.15, -0.1) is 0 Å². The maximum Gasteiger partial charge on any atom is 0.335 e. The minimum Gasteiger partial charge on any atom is -0.507 e. The summed E-state index contributed by atoms with van der Waals surface area (Å²) in [6.45, 7) is 0. The minimum atomic E-state index is -1.54. The van der Waals surface area contributed by atoms with Crippen LogP contribution in [-0.4, -0.2) is 39.8 Å². The first kappa shape index (κ1) is 32.8. The smallest absolute Gasteiger partial charge is 0.335 e. The van der Waals surface area contributed by atoms with E-state index in [1.807, 2.05) is 60.7 Å². The summed E-state index contributed by atoms with van der Waals surface area (Å²) in [6, 6.07) is 32.5. The van der Waals surface area contributed by atoms with Crippen LogP contribution in [0.15, 0.2) is 127 Å². The number of halogens is 1. The summed E-state index contributed by atoms with van der Waals surface area (Å²) < 4.78 is 0. The molecule has 9 rings (SSSR count). The van der Waals surface area contributed by atoms with Crippen molar-refractivity contribution in [2.45, 2.75) is 24.2 Å². The number of aromatic carboxylic acids is 1. The van der Waals surface area contributed by atoms with Crippen molar-refractivity contribution in [2.75, 3.05) is 9.80 Å². The van der Waals surface area contributed by atoms with Gasteiger partial charge in [0.05, 0.1) is 40.1 Å². The summed E-state index contributed by atoms with van der Waals surface area (Å²) in [6.07, 6.45) is 2.18. The summed E-state index contributed by atoms with van der Waals surface area (Å²) in [5, 5.41) is 23.5. The molecule has 6 atom stereocenters. The van der Waals surface area contributed by atoms with Gasteiger partial charge >= 0.3 is 5.97 Å². The van der Waals surface area contributed by atoms with E-state index in [0.29, 0.717) is 32.8 Å². The first-order chi connectivity index (χ1) is 25.6. The highest BCUT2D eigenvalue weighted by Gasteiger charge is 2.70. The normalized spacial score (nSPS) is 26.4. The topological polar surface area (TPSA) is 132 Å². The molecule has 53 heavy (non-hydrogen) atoms. The average Bonchev–Trinajstić information content (AvgIpc) is 3.56. The van der Waals surface area contributed by atoms with Crippen LogP contribution in [0.3, 0.4) is 0 Å². The Morgan fingerprint density at radius 2 is 1.45 bits per heavy atom. The van der Waals surface area contributed by atoms with Crippen LogP contribution in [0.2, 0.25) is 5.02 Å². The van der Waals surface area contributed by atoms with Crippen molar-refractivity contribution in [3.63, 3.8) is 0 Å². The lowest BCUT2D eigenvalue weighted by atomic mass is 9.49. The number of phenolic OH excluding ortho intramolecular Hbond substituents is 1. The third kappa shape index (κ3) is 4.59. The fourth-order valence-electron chi connectivity index (χ4n) is 9.63. The predicted molar refractivity (Wildman–Crippen MR) is 198 cm³/mol. The number of carbonyl (C=O) groups is 5. The molecule has 0 bridgehead atoms.